The fourth-order valence-electron chi connectivity index (χ4n) is 6.53. The third kappa shape index (κ3) is 8.70. The summed E-state index contributed by atoms with van der Waals surface area (Å²) in [7, 11) is 9.54. The number of nitrogens with zero attached hydrogens (tertiary/aromatic N) is 4. The first-order chi connectivity index (χ1) is 27.3. The van der Waals surface area contributed by atoms with E-state index in [1.807, 2.05) is 72.8 Å². The molecule has 2 heterocycles. The maximum Gasteiger partial charge on any atom is 0.278 e. The molecule has 12 heteroatoms. The molecule has 0 saturated heterocycles. The van der Waals surface area contributed by atoms with Crippen molar-refractivity contribution in [2.24, 2.45) is 9.98 Å². The molecule has 4 aromatic carbocycles. The molecule has 12 nitrogen and oxygen atoms in total. The van der Waals surface area contributed by atoms with E-state index in [-0.39, 0.29) is 11.8 Å². The Morgan fingerprint density at radius 2 is 0.839 bits per heavy atom. The molecule has 0 unspecified atom stereocenters. The Balaban J connectivity index is 1.14. The monoisotopic (exact) mass is 758 g/mol. The Labute approximate surface area is 327 Å². The average Bonchev–Trinajstić information content (AvgIpc) is 3.72. The minimum atomic E-state index is -0.178. The Hall–Kier alpha value is -6.56. The molecule has 2 aliphatic rings. The van der Waals surface area contributed by atoms with E-state index >= 15 is 0 Å². The lowest BCUT2D eigenvalue weighted by atomic mass is 10.1. The number of amides is 2. The van der Waals surface area contributed by atoms with Crippen LogP contribution in [0.15, 0.2) is 106 Å². The van der Waals surface area contributed by atoms with Crippen molar-refractivity contribution in [3.8, 4) is 34.5 Å². The second-order valence-corrected chi connectivity index (χ2v) is 12.9. The van der Waals surface area contributed by atoms with Crippen molar-refractivity contribution in [3.63, 3.8) is 0 Å². The normalized spacial score (nSPS) is 15.3. The van der Waals surface area contributed by atoms with E-state index in [4.69, 9.17) is 38.4 Å². The summed E-state index contributed by atoms with van der Waals surface area (Å²) in [5, 5.41) is 0. The first-order valence-corrected chi connectivity index (χ1v) is 18.3. The van der Waals surface area contributed by atoms with Gasteiger partial charge in [0.05, 0.1) is 42.7 Å². The van der Waals surface area contributed by atoms with Gasteiger partial charge in [0.1, 0.15) is 34.6 Å². The van der Waals surface area contributed by atoms with Gasteiger partial charge < -0.3 is 28.4 Å². The number of ether oxygens (including phenoxy) is 6. The molecule has 56 heavy (non-hydrogen) atoms. The molecule has 0 spiro atoms. The summed E-state index contributed by atoms with van der Waals surface area (Å²) in [4.78, 5) is 40.8. The molecule has 290 valence electrons. The zero-order chi connectivity index (χ0) is 39.6. The van der Waals surface area contributed by atoms with Gasteiger partial charge in [0, 0.05) is 24.2 Å². The van der Waals surface area contributed by atoms with Gasteiger partial charge in [-0.2, -0.15) is 0 Å². The summed E-state index contributed by atoms with van der Waals surface area (Å²) in [5.41, 5.74) is 3.81. The van der Waals surface area contributed by atoms with Gasteiger partial charge in [-0.1, -0.05) is 25.0 Å². The van der Waals surface area contributed by atoms with Crippen LogP contribution in [0.4, 0.5) is 0 Å². The first kappa shape index (κ1) is 39.1. The maximum atomic E-state index is 13.8. The van der Waals surface area contributed by atoms with E-state index in [2.05, 4.69) is 0 Å². The number of carbonyl (C=O) groups excluding carboxylic acids is 2. The summed E-state index contributed by atoms with van der Waals surface area (Å²) in [6.07, 6.45) is 6.66. The van der Waals surface area contributed by atoms with E-state index in [1.165, 1.54) is 0 Å². The molecule has 0 fully saturated rings. The predicted octanol–water partition coefficient (Wildman–Crippen LogP) is 7.26. The van der Waals surface area contributed by atoms with Crippen LogP contribution in [0.3, 0.4) is 0 Å². The second-order valence-electron chi connectivity index (χ2n) is 12.9. The van der Waals surface area contributed by atoms with Gasteiger partial charge >= 0.3 is 0 Å². The molecule has 0 aromatic heterocycles. The third-order valence-electron chi connectivity index (χ3n) is 9.52. The molecule has 0 radical (unpaired) electrons. The zero-order valence-electron chi connectivity index (χ0n) is 32.5. The summed E-state index contributed by atoms with van der Waals surface area (Å²) in [6.45, 7) is 0.957. The highest BCUT2D eigenvalue weighted by atomic mass is 16.5. The van der Waals surface area contributed by atoms with Gasteiger partial charge in [-0.15, -0.1) is 0 Å². The van der Waals surface area contributed by atoms with E-state index < -0.39 is 0 Å². The Morgan fingerprint density at radius 3 is 1.18 bits per heavy atom. The van der Waals surface area contributed by atoms with Gasteiger partial charge in [-0.25, -0.2) is 9.98 Å². The molecule has 0 atom stereocenters. The zero-order valence-corrected chi connectivity index (χ0v) is 32.5. The van der Waals surface area contributed by atoms with Gasteiger partial charge in [0.25, 0.3) is 11.8 Å². The lowest BCUT2D eigenvalue weighted by Crippen LogP contribution is -2.34. The largest absolute Gasteiger partial charge is 0.497 e. The van der Waals surface area contributed by atoms with Crippen LogP contribution in [-0.2, 0) is 9.59 Å². The number of methoxy groups -OCH3 is 6. The highest BCUT2D eigenvalue weighted by Gasteiger charge is 2.32. The van der Waals surface area contributed by atoms with Crippen LogP contribution >= 0.6 is 0 Å². The van der Waals surface area contributed by atoms with Crippen LogP contribution < -0.4 is 28.4 Å². The minimum Gasteiger partial charge on any atom is -0.497 e. The van der Waals surface area contributed by atoms with Crippen LogP contribution in [0.2, 0.25) is 0 Å². The van der Waals surface area contributed by atoms with Gasteiger partial charge in [0.15, 0.2) is 23.0 Å². The molecule has 6 rings (SSSR count). The molecule has 0 N–H and O–H groups in total. The number of carbonyl (C=O) groups is 2. The van der Waals surface area contributed by atoms with Crippen molar-refractivity contribution in [1.29, 1.82) is 0 Å². The Morgan fingerprint density at radius 1 is 0.464 bits per heavy atom. The highest BCUT2D eigenvalue weighted by molar-refractivity contribution is 6.20. The summed E-state index contributed by atoms with van der Waals surface area (Å²) in [6, 6.07) is 26.0. The van der Waals surface area contributed by atoms with Crippen LogP contribution in [0, 0.1) is 0 Å². The molecule has 0 saturated carbocycles. The van der Waals surface area contributed by atoms with Crippen LogP contribution in [0.25, 0.3) is 12.2 Å². The summed E-state index contributed by atoms with van der Waals surface area (Å²) < 4.78 is 32.4. The molecular formula is C44H46N4O8. The van der Waals surface area contributed by atoms with Crippen molar-refractivity contribution >= 4 is 35.6 Å². The van der Waals surface area contributed by atoms with E-state index in [0.29, 0.717) is 70.7 Å². The van der Waals surface area contributed by atoms with E-state index in [0.717, 1.165) is 47.9 Å². The van der Waals surface area contributed by atoms with Gasteiger partial charge in [-0.05, 0) is 109 Å². The summed E-state index contributed by atoms with van der Waals surface area (Å²) >= 11 is 0. The molecular weight excluding hydrogens is 713 g/mol. The van der Waals surface area contributed by atoms with Crippen LogP contribution in [0.5, 0.6) is 34.5 Å². The molecule has 0 bridgehead atoms. The van der Waals surface area contributed by atoms with Gasteiger partial charge in [-0.3, -0.25) is 19.4 Å². The Bertz CT molecular complexity index is 2020. The lowest BCUT2D eigenvalue weighted by molar-refractivity contribution is -0.123. The standard InChI is InChI=1S/C44H46N4O8/c1-51-33-17-13-31(14-18-33)41-45-35(25-29-11-21-37(53-3)39(27-29)55-5)43(49)47(41)23-9-7-8-10-24-48-42(32-15-19-34(52-2)20-16-32)46-36(44(48)50)26-30-12-22-38(54-4)40(28-30)56-6/h11-22,25-28H,7-10,23-24H2,1-6H3/b35-25-,36-26+. The number of hydrogen-bond acceptors (Lipinski definition) is 10. The fraction of sp³-hybridized carbons (Fsp3) is 0.273. The minimum absolute atomic E-state index is 0.178. The molecule has 2 amide bonds. The smallest absolute Gasteiger partial charge is 0.278 e. The number of rotatable bonds is 17. The number of benzene rings is 4. The molecule has 4 aromatic rings. The lowest BCUT2D eigenvalue weighted by Gasteiger charge is -2.20. The number of amidine groups is 2. The van der Waals surface area contributed by atoms with Crippen molar-refractivity contribution in [2.75, 3.05) is 55.7 Å². The van der Waals surface area contributed by atoms with Crippen molar-refractivity contribution in [2.45, 2.75) is 25.7 Å². The summed E-state index contributed by atoms with van der Waals surface area (Å²) in [5.74, 6) is 4.56. The average molecular weight is 759 g/mol. The second kappa shape index (κ2) is 18.2. The third-order valence-corrected chi connectivity index (χ3v) is 9.52. The van der Waals surface area contributed by atoms with Crippen LogP contribution in [-0.4, -0.2) is 89.0 Å². The topological polar surface area (TPSA) is 121 Å². The van der Waals surface area contributed by atoms with E-state index in [1.54, 1.807) is 76.7 Å². The maximum absolute atomic E-state index is 13.8. The molecule has 2 aliphatic heterocycles. The number of aliphatic imine (C=N–C) groups is 2. The first-order valence-electron chi connectivity index (χ1n) is 18.3. The van der Waals surface area contributed by atoms with E-state index in [9.17, 15) is 9.59 Å². The van der Waals surface area contributed by atoms with Crippen molar-refractivity contribution in [1.82, 2.24) is 9.80 Å². The highest BCUT2D eigenvalue weighted by Crippen LogP contribution is 2.32. The van der Waals surface area contributed by atoms with Gasteiger partial charge in [0.2, 0.25) is 0 Å². The SMILES string of the molecule is COc1ccc(C2=N/C(=C\c3ccc(OC)c(OC)c3)C(=O)N2CCCCCCN2C(=O)/C(=C\c3ccc(OC)c(OC)c3)N=C2c2ccc(OC)cc2)cc1. The Kier molecular flexibility index (Phi) is 12.7. The quantitative estimate of drug-likeness (QED) is 0.0816. The van der Waals surface area contributed by atoms with Crippen LogP contribution in [0.1, 0.15) is 47.9 Å². The van der Waals surface area contributed by atoms with Crippen molar-refractivity contribution in [3.05, 3.63) is 119 Å². The number of hydrogen-bond donors (Lipinski definition) is 0. The van der Waals surface area contributed by atoms with Crippen molar-refractivity contribution < 1.29 is 38.0 Å². The molecule has 0 aliphatic carbocycles. The predicted molar refractivity (Wildman–Crippen MR) is 216 cm³/mol. The number of unbranched alkanes of at least 4 members (excludes halogenated alkanes) is 3. The fourth-order valence-corrected chi connectivity index (χ4v) is 6.53.